The van der Waals surface area contributed by atoms with Gasteiger partial charge in [-0.15, -0.1) is 0 Å². The molecular weight excluding hydrogens is 168 g/mol. The summed E-state index contributed by atoms with van der Waals surface area (Å²) in [6.45, 7) is 1.91. The van der Waals surface area contributed by atoms with Crippen molar-refractivity contribution in [1.29, 1.82) is 0 Å². The van der Waals surface area contributed by atoms with Gasteiger partial charge in [-0.25, -0.2) is 0 Å². The van der Waals surface area contributed by atoms with Crippen molar-refractivity contribution in [1.82, 2.24) is 0 Å². The van der Waals surface area contributed by atoms with Gasteiger partial charge < -0.3 is 0 Å². The van der Waals surface area contributed by atoms with Crippen LogP contribution in [0.25, 0.3) is 0 Å². The van der Waals surface area contributed by atoms with E-state index in [4.69, 9.17) is 0 Å². The van der Waals surface area contributed by atoms with Gasteiger partial charge in [-0.2, -0.15) is 0 Å². The molecule has 1 nitrogen and oxygen atoms in total. The van der Waals surface area contributed by atoms with E-state index < -0.39 is 0 Å². The van der Waals surface area contributed by atoms with E-state index in [1.807, 2.05) is 6.92 Å². The van der Waals surface area contributed by atoms with Gasteiger partial charge in [-0.05, 0) is 12.8 Å². The van der Waals surface area contributed by atoms with Crippen LogP contribution in [-0.4, -0.2) is 10.1 Å². The standard InChI is InChI=1S/C6H9BrO/c1-2-5(8)6(7)3-4-6/h2-4H2,1H3. The number of ketones is 1. The van der Waals surface area contributed by atoms with Crippen LogP contribution in [0, 0.1) is 0 Å². The molecule has 2 heteroatoms. The normalized spacial score (nSPS) is 22.8. The molecule has 0 radical (unpaired) electrons. The van der Waals surface area contributed by atoms with Crippen molar-refractivity contribution in [3.05, 3.63) is 0 Å². The lowest BCUT2D eigenvalue weighted by molar-refractivity contribution is -0.118. The molecule has 1 aliphatic carbocycles. The number of alkyl halides is 1. The van der Waals surface area contributed by atoms with Crippen molar-refractivity contribution in [2.45, 2.75) is 30.5 Å². The summed E-state index contributed by atoms with van der Waals surface area (Å²) in [5.74, 6) is 0.359. The van der Waals surface area contributed by atoms with E-state index in [2.05, 4.69) is 15.9 Å². The first-order valence-corrected chi connectivity index (χ1v) is 3.70. The van der Waals surface area contributed by atoms with Crippen molar-refractivity contribution in [2.24, 2.45) is 0 Å². The molecule has 0 spiro atoms. The molecule has 46 valence electrons. The van der Waals surface area contributed by atoms with E-state index in [0.29, 0.717) is 12.2 Å². The van der Waals surface area contributed by atoms with Crippen molar-refractivity contribution < 1.29 is 4.79 Å². The lowest BCUT2D eigenvalue weighted by Gasteiger charge is -1.98. The summed E-state index contributed by atoms with van der Waals surface area (Å²) in [5, 5.41) is 0. The van der Waals surface area contributed by atoms with Gasteiger partial charge in [0.2, 0.25) is 0 Å². The van der Waals surface area contributed by atoms with Gasteiger partial charge in [0, 0.05) is 6.42 Å². The molecule has 0 aromatic rings. The third-order valence-corrected chi connectivity index (χ3v) is 2.75. The molecule has 0 unspecified atom stereocenters. The molecular formula is C6H9BrO. The molecule has 8 heavy (non-hydrogen) atoms. The first-order chi connectivity index (χ1) is 3.69. The molecule has 1 aliphatic rings. The van der Waals surface area contributed by atoms with E-state index in [-0.39, 0.29) is 4.32 Å². The minimum atomic E-state index is -0.0677. The highest BCUT2D eigenvalue weighted by molar-refractivity contribution is 9.10. The monoisotopic (exact) mass is 176 g/mol. The molecule has 0 aliphatic heterocycles. The predicted molar refractivity (Wildman–Crippen MR) is 36.2 cm³/mol. The summed E-state index contributed by atoms with van der Waals surface area (Å²) in [7, 11) is 0. The van der Waals surface area contributed by atoms with Gasteiger partial charge in [-0.1, -0.05) is 22.9 Å². The molecule has 1 fully saturated rings. The van der Waals surface area contributed by atoms with Crippen molar-refractivity contribution in [2.75, 3.05) is 0 Å². The quantitative estimate of drug-likeness (QED) is 0.588. The predicted octanol–water partition coefficient (Wildman–Crippen LogP) is 1.89. The molecule has 1 saturated carbocycles. The number of halogens is 1. The van der Waals surface area contributed by atoms with Crippen LogP contribution in [0.5, 0.6) is 0 Å². The van der Waals surface area contributed by atoms with Crippen LogP contribution < -0.4 is 0 Å². The second-order valence-corrected chi connectivity index (χ2v) is 3.76. The Morgan fingerprint density at radius 2 is 2.25 bits per heavy atom. The zero-order valence-corrected chi connectivity index (χ0v) is 6.49. The van der Waals surface area contributed by atoms with Crippen LogP contribution >= 0.6 is 15.9 Å². The van der Waals surface area contributed by atoms with Crippen LogP contribution in [0.2, 0.25) is 0 Å². The third kappa shape index (κ3) is 0.943. The second-order valence-electron chi connectivity index (χ2n) is 2.24. The first-order valence-electron chi connectivity index (χ1n) is 2.91. The Balaban J connectivity index is 2.46. The highest BCUT2D eigenvalue weighted by Crippen LogP contribution is 2.45. The van der Waals surface area contributed by atoms with Crippen molar-refractivity contribution in [3.63, 3.8) is 0 Å². The summed E-state index contributed by atoms with van der Waals surface area (Å²) >= 11 is 3.37. The van der Waals surface area contributed by atoms with Crippen LogP contribution in [0.3, 0.4) is 0 Å². The fraction of sp³-hybridized carbons (Fsp3) is 0.833. The number of rotatable bonds is 2. The maximum atomic E-state index is 10.8. The lowest BCUT2D eigenvalue weighted by Crippen LogP contribution is -2.12. The minimum Gasteiger partial charge on any atom is -0.298 e. The van der Waals surface area contributed by atoms with Crippen molar-refractivity contribution >= 4 is 21.7 Å². The molecule has 1 rings (SSSR count). The molecule has 0 N–H and O–H groups in total. The largest absolute Gasteiger partial charge is 0.298 e. The van der Waals surface area contributed by atoms with E-state index in [1.165, 1.54) is 0 Å². The molecule has 0 heterocycles. The fourth-order valence-electron chi connectivity index (χ4n) is 0.705. The summed E-state index contributed by atoms with van der Waals surface area (Å²) in [5.41, 5.74) is 0. The second kappa shape index (κ2) is 1.83. The minimum absolute atomic E-state index is 0.0677. The number of hydrogen-bond donors (Lipinski definition) is 0. The van der Waals surface area contributed by atoms with E-state index in [9.17, 15) is 4.79 Å². The third-order valence-electron chi connectivity index (χ3n) is 1.51. The average molecular weight is 177 g/mol. The highest BCUT2D eigenvalue weighted by Gasteiger charge is 2.45. The Kier molecular flexibility index (Phi) is 1.44. The topological polar surface area (TPSA) is 17.1 Å². The van der Waals surface area contributed by atoms with Crippen molar-refractivity contribution in [3.8, 4) is 0 Å². The van der Waals surface area contributed by atoms with E-state index in [1.54, 1.807) is 0 Å². The summed E-state index contributed by atoms with van der Waals surface area (Å²) in [6, 6.07) is 0. The van der Waals surface area contributed by atoms with Gasteiger partial charge in [0.15, 0.2) is 0 Å². The maximum Gasteiger partial charge on any atom is 0.149 e. The molecule has 0 saturated heterocycles. The smallest absolute Gasteiger partial charge is 0.149 e. The molecule has 0 aromatic heterocycles. The number of carbonyl (C=O) groups excluding carboxylic acids is 1. The SMILES string of the molecule is CCC(=O)C1(Br)CC1. The Labute approximate surface area is 57.6 Å². The van der Waals surface area contributed by atoms with Crippen LogP contribution in [-0.2, 0) is 4.79 Å². The van der Waals surface area contributed by atoms with Crippen LogP contribution in [0.15, 0.2) is 0 Å². The first kappa shape index (κ1) is 6.27. The summed E-state index contributed by atoms with van der Waals surface area (Å²) in [6.07, 6.45) is 2.75. The summed E-state index contributed by atoms with van der Waals surface area (Å²) in [4.78, 5) is 10.8. The Hall–Kier alpha value is 0.150. The molecule has 0 bridgehead atoms. The van der Waals surface area contributed by atoms with Gasteiger partial charge >= 0.3 is 0 Å². The average Bonchev–Trinajstić information content (AvgIpc) is 2.47. The number of carbonyl (C=O) groups is 1. The van der Waals surface area contributed by atoms with E-state index >= 15 is 0 Å². The highest BCUT2D eigenvalue weighted by atomic mass is 79.9. The number of hydrogen-bond acceptors (Lipinski definition) is 1. The van der Waals surface area contributed by atoms with Gasteiger partial charge in [0.25, 0.3) is 0 Å². The van der Waals surface area contributed by atoms with Crippen LogP contribution in [0.4, 0.5) is 0 Å². The molecule has 0 atom stereocenters. The Morgan fingerprint density at radius 3 is 2.38 bits per heavy atom. The molecule has 0 amide bonds. The van der Waals surface area contributed by atoms with E-state index in [0.717, 1.165) is 12.8 Å². The Morgan fingerprint density at radius 1 is 1.75 bits per heavy atom. The van der Waals surface area contributed by atoms with Gasteiger partial charge in [0.05, 0.1) is 4.32 Å². The Bertz CT molecular complexity index is 116. The zero-order chi connectivity index (χ0) is 6.20. The zero-order valence-electron chi connectivity index (χ0n) is 4.91. The maximum absolute atomic E-state index is 10.8. The molecule has 0 aromatic carbocycles. The fourth-order valence-corrected chi connectivity index (χ4v) is 1.18. The van der Waals surface area contributed by atoms with Crippen LogP contribution in [0.1, 0.15) is 26.2 Å². The summed E-state index contributed by atoms with van der Waals surface area (Å²) < 4.78 is -0.0677. The number of Topliss-reactive ketones (excluding diaryl/α,β-unsaturated/α-hetero) is 1. The lowest BCUT2D eigenvalue weighted by atomic mass is 10.2. The van der Waals surface area contributed by atoms with Gasteiger partial charge in [-0.3, -0.25) is 4.79 Å². The van der Waals surface area contributed by atoms with Gasteiger partial charge in [0.1, 0.15) is 5.78 Å².